The Kier molecular flexibility index (Phi) is 7.74. The molecule has 1 atom stereocenters. The molecule has 6 heteroatoms. The number of thiophene rings is 1. The fourth-order valence-electron chi connectivity index (χ4n) is 4.53. The Morgan fingerprint density at radius 2 is 2.06 bits per heavy atom. The first-order valence-electron chi connectivity index (χ1n) is 12.0. The highest BCUT2D eigenvalue weighted by atomic mass is 32.1. The Morgan fingerprint density at radius 3 is 2.75 bits per heavy atom. The Labute approximate surface area is 195 Å². The van der Waals surface area contributed by atoms with Gasteiger partial charge in [-0.15, -0.1) is 11.3 Å². The van der Waals surface area contributed by atoms with Crippen molar-refractivity contribution in [3.8, 4) is 21.9 Å². The van der Waals surface area contributed by atoms with Gasteiger partial charge in [-0.3, -0.25) is 4.79 Å². The number of nitrogens with zero attached hydrogens (tertiary/aromatic N) is 1. The van der Waals surface area contributed by atoms with E-state index < -0.39 is 0 Å². The van der Waals surface area contributed by atoms with Gasteiger partial charge in [0, 0.05) is 34.4 Å². The second-order valence-corrected chi connectivity index (χ2v) is 10.1. The number of hydrogen-bond donors (Lipinski definition) is 0. The first kappa shape index (κ1) is 23.1. The summed E-state index contributed by atoms with van der Waals surface area (Å²) in [6.07, 6.45) is 5.20. The molecule has 174 valence electrons. The normalized spacial score (nSPS) is 18.8. The molecule has 1 saturated heterocycles. The fraction of sp³-hybridized carbons (Fsp3) is 0.577. The second kappa shape index (κ2) is 10.7. The van der Waals surface area contributed by atoms with E-state index in [1.807, 2.05) is 4.90 Å². The molecule has 0 aliphatic carbocycles. The number of amides is 1. The van der Waals surface area contributed by atoms with E-state index in [0.717, 1.165) is 54.9 Å². The predicted molar refractivity (Wildman–Crippen MR) is 129 cm³/mol. The van der Waals surface area contributed by atoms with Crippen molar-refractivity contribution in [3.63, 3.8) is 0 Å². The zero-order valence-corrected chi connectivity index (χ0v) is 20.3. The van der Waals surface area contributed by atoms with Crippen LogP contribution in [0.4, 0.5) is 0 Å². The van der Waals surface area contributed by atoms with Gasteiger partial charge in [0.25, 0.3) is 0 Å². The third kappa shape index (κ3) is 5.29. The monoisotopic (exact) mass is 457 g/mol. The summed E-state index contributed by atoms with van der Waals surface area (Å²) < 4.78 is 18.4. The molecule has 1 aromatic carbocycles. The summed E-state index contributed by atoms with van der Waals surface area (Å²) in [6, 6.07) is 8.55. The Bertz CT molecular complexity index is 915. The number of benzene rings is 1. The predicted octanol–water partition coefficient (Wildman–Crippen LogP) is 5.83. The molecule has 3 heterocycles. The summed E-state index contributed by atoms with van der Waals surface area (Å²) in [5.41, 5.74) is 2.13. The SMILES string of the molecule is CCC(CC)C(=O)N1CCOc2c(cc(-c3ccc(C)s3)cc2OCC2CCCCO2)C1. The van der Waals surface area contributed by atoms with E-state index in [-0.39, 0.29) is 17.9 Å². The first-order valence-corrected chi connectivity index (χ1v) is 12.8. The molecule has 1 unspecified atom stereocenters. The van der Waals surface area contributed by atoms with Gasteiger partial charge in [-0.1, -0.05) is 13.8 Å². The first-order chi connectivity index (χ1) is 15.6. The maximum atomic E-state index is 13.1. The molecule has 1 fully saturated rings. The summed E-state index contributed by atoms with van der Waals surface area (Å²) >= 11 is 1.77. The van der Waals surface area contributed by atoms with E-state index in [4.69, 9.17) is 14.2 Å². The number of aryl methyl sites for hydroxylation is 1. The van der Waals surface area contributed by atoms with Crippen LogP contribution in [0.3, 0.4) is 0 Å². The molecule has 1 amide bonds. The number of carbonyl (C=O) groups excluding carboxylic acids is 1. The fourth-order valence-corrected chi connectivity index (χ4v) is 5.38. The molecule has 2 aliphatic rings. The van der Waals surface area contributed by atoms with Crippen LogP contribution in [0.25, 0.3) is 10.4 Å². The lowest BCUT2D eigenvalue weighted by Gasteiger charge is -2.25. The number of carbonyl (C=O) groups is 1. The van der Waals surface area contributed by atoms with Crippen molar-refractivity contribution in [3.05, 3.63) is 34.7 Å². The van der Waals surface area contributed by atoms with E-state index in [9.17, 15) is 4.79 Å². The average Bonchev–Trinajstić information content (AvgIpc) is 3.13. The largest absolute Gasteiger partial charge is 0.487 e. The molecule has 0 radical (unpaired) electrons. The van der Waals surface area contributed by atoms with Crippen molar-refractivity contribution in [2.45, 2.75) is 65.5 Å². The number of rotatable bonds is 7. The Balaban J connectivity index is 1.64. The van der Waals surface area contributed by atoms with E-state index in [1.54, 1.807) is 11.3 Å². The van der Waals surface area contributed by atoms with Crippen molar-refractivity contribution in [1.29, 1.82) is 0 Å². The van der Waals surface area contributed by atoms with Gasteiger partial charge < -0.3 is 19.1 Å². The third-order valence-corrected chi connectivity index (χ3v) is 7.52. The molecular formula is C26H35NO4S. The molecule has 2 aromatic rings. The molecule has 5 nitrogen and oxygen atoms in total. The van der Waals surface area contributed by atoms with Crippen LogP contribution >= 0.6 is 11.3 Å². The minimum absolute atomic E-state index is 0.0684. The van der Waals surface area contributed by atoms with Crippen molar-refractivity contribution < 1.29 is 19.0 Å². The van der Waals surface area contributed by atoms with Gasteiger partial charge in [-0.05, 0) is 68.9 Å². The molecule has 0 N–H and O–H groups in total. The Hall–Kier alpha value is -2.05. The standard InChI is InChI=1S/C26H35NO4S/c1-4-19(5-2)26(28)27-11-13-30-25-21(16-27)14-20(24-10-9-18(3)32-24)15-23(25)31-17-22-8-6-7-12-29-22/h9-10,14-15,19,22H,4-8,11-13,16-17H2,1-3H3. The molecule has 0 spiro atoms. The quantitative estimate of drug-likeness (QED) is 0.525. The zero-order valence-electron chi connectivity index (χ0n) is 19.5. The van der Waals surface area contributed by atoms with Crippen LogP contribution in [0, 0.1) is 12.8 Å². The number of fused-ring (bicyclic) bond motifs is 1. The van der Waals surface area contributed by atoms with Crippen LogP contribution in [0.1, 0.15) is 56.4 Å². The summed E-state index contributed by atoms with van der Waals surface area (Å²) in [4.78, 5) is 17.6. The van der Waals surface area contributed by atoms with Crippen LogP contribution in [-0.2, 0) is 16.1 Å². The van der Waals surface area contributed by atoms with Crippen LogP contribution < -0.4 is 9.47 Å². The van der Waals surface area contributed by atoms with Crippen molar-refractivity contribution in [1.82, 2.24) is 4.90 Å². The van der Waals surface area contributed by atoms with E-state index >= 15 is 0 Å². The van der Waals surface area contributed by atoms with Gasteiger partial charge >= 0.3 is 0 Å². The van der Waals surface area contributed by atoms with E-state index in [2.05, 4.69) is 45.0 Å². The van der Waals surface area contributed by atoms with Gasteiger partial charge in [0.2, 0.25) is 5.91 Å². The molecule has 2 aliphatic heterocycles. The average molecular weight is 458 g/mol. The van der Waals surface area contributed by atoms with Gasteiger partial charge in [0.15, 0.2) is 11.5 Å². The molecule has 32 heavy (non-hydrogen) atoms. The molecule has 4 rings (SSSR count). The van der Waals surface area contributed by atoms with Crippen LogP contribution in [0.2, 0.25) is 0 Å². The smallest absolute Gasteiger partial charge is 0.226 e. The van der Waals surface area contributed by atoms with Crippen molar-refractivity contribution >= 4 is 17.2 Å². The van der Waals surface area contributed by atoms with Crippen molar-refractivity contribution in [2.75, 3.05) is 26.4 Å². The third-order valence-electron chi connectivity index (χ3n) is 6.47. The highest BCUT2D eigenvalue weighted by Gasteiger charge is 2.27. The van der Waals surface area contributed by atoms with Crippen LogP contribution in [0.15, 0.2) is 24.3 Å². The minimum atomic E-state index is 0.0684. The number of ether oxygens (including phenoxy) is 3. The van der Waals surface area contributed by atoms with E-state index in [0.29, 0.717) is 26.3 Å². The van der Waals surface area contributed by atoms with E-state index in [1.165, 1.54) is 16.2 Å². The summed E-state index contributed by atoms with van der Waals surface area (Å²) in [5.74, 6) is 1.83. The van der Waals surface area contributed by atoms with Crippen LogP contribution in [0.5, 0.6) is 11.5 Å². The highest BCUT2D eigenvalue weighted by Crippen LogP contribution is 2.40. The topological polar surface area (TPSA) is 48.0 Å². The summed E-state index contributed by atoms with van der Waals surface area (Å²) in [5, 5.41) is 0. The van der Waals surface area contributed by atoms with Gasteiger partial charge in [0.1, 0.15) is 13.2 Å². The molecule has 0 saturated carbocycles. The van der Waals surface area contributed by atoms with Gasteiger partial charge in [0.05, 0.1) is 12.6 Å². The van der Waals surface area contributed by atoms with Gasteiger partial charge in [-0.2, -0.15) is 0 Å². The lowest BCUT2D eigenvalue weighted by atomic mass is 10.0. The molecule has 0 bridgehead atoms. The Morgan fingerprint density at radius 1 is 1.22 bits per heavy atom. The number of hydrogen-bond acceptors (Lipinski definition) is 5. The maximum absolute atomic E-state index is 13.1. The maximum Gasteiger partial charge on any atom is 0.226 e. The van der Waals surface area contributed by atoms with Gasteiger partial charge in [-0.25, -0.2) is 0 Å². The second-order valence-electron chi connectivity index (χ2n) is 8.79. The lowest BCUT2D eigenvalue weighted by Crippen LogP contribution is -2.36. The summed E-state index contributed by atoms with van der Waals surface area (Å²) in [6.45, 7) is 9.27. The highest BCUT2D eigenvalue weighted by molar-refractivity contribution is 7.15. The zero-order chi connectivity index (χ0) is 22.5. The van der Waals surface area contributed by atoms with Crippen LogP contribution in [-0.4, -0.2) is 43.3 Å². The lowest BCUT2D eigenvalue weighted by molar-refractivity contribution is -0.136. The minimum Gasteiger partial charge on any atom is -0.487 e. The molecular weight excluding hydrogens is 422 g/mol. The molecule has 1 aromatic heterocycles. The summed E-state index contributed by atoms with van der Waals surface area (Å²) in [7, 11) is 0. The van der Waals surface area contributed by atoms with Crippen molar-refractivity contribution in [2.24, 2.45) is 5.92 Å².